The van der Waals surface area contributed by atoms with Crippen molar-refractivity contribution in [3.05, 3.63) is 0 Å². The SMILES string of the molecule is CCCN1CCC(NC2CCCCCC2C)CC1. The Morgan fingerprint density at radius 3 is 2.44 bits per heavy atom. The average Bonchev–Trinajstić information content (AvgIpc) is 2.58. The van der Waals surface area contributed by atoms with Gasteiger partial charge in [0.2, 0.25) is 0 Å². The lowest BCUT2D eigenvalue weighted by Gasteiger charge is -2.35. The van der Waals surface area contributed by atoms with Crippen molar-refractivity contribution in [2.24, 2.45) is 5.92 Å². The summed E-state index contributed by atoms with van der Waals surface area (Å²) in [6.07, 6.45) is 11.2. The van der Waals surface area contributed by atoms with Crippen LogP contribution >= 0.6 is 0 Å². The summed E-state index contributed by atoms with van der Waals surface area (Å²) in [4.78, 5) is 2.63. The zero-order valence-electron chi connectivity index (χ0n) is 12.5. The van der Waals surface area contributed by atoms with E-state index in [1.165, 1.54) is 71.0 Å². The molecular weight excluding hydrogens is 220 g/mol. The third kappa shape index (κ3) is 4.24. The van der Waals surface area contributed by atoms with E-state index in [9.17, 15) is 0 Å². The van der Waals surface area contributed by atoms with Crippen LogP contribution in [-0.2, 0) is 0 Å². The second-order valence-corrected chi connectivity index (χ2v) is 6.50. The fourth-order valence-electron chi connectivity index (χ4n) is 3.68. The molecule has 1 aliphatic heterocycles. The number of nitrogens with zero attached hydrogens (tertiary/aromatic N) is 1. The molecule has 106 valence electrons. The highest BCUT2D eigenvalue weighted by atomic mass is 15.1. The molecule has 2 rings (SSSR count). The molecule has 1 saturated heterocycles. The first kappa shape index (κ1) is 14.3. The summed E-state index contributed by atoms with van der Waals surface area (Å²) < 4.78 is 0. The molecular formula is C16H32N2. The van der Waals surface area contributed by atoms with E-state index >= 15 is 0 Å². The van der Waals surface area contributed by atoms with Crippen molar-refractivity contribution in [3.8, 4) is 0 Å². The Labute approximate surface area is 114 Å². The topological polar surface area (TPSA) is 15.3 Å². The van der Waals surface area contributed by atoms with E-state index in [1.54, 1.807) is 0 Å². The molecule has 2 atom stereocenters. The third-order valence-electron chi connectivity index (χ3n) is 4.94. The Hall–Kier alpha value is -0.0800. The average molecular weight is 252 g/mol. The molecule has 1 heterocycles. The molecule has 0 radical (unpaired) electrons. The fourth-order valence-corrected chi connectivity index (χ4v) is 3.68. The molecule has 2 aliphatic rings. The van der Waals surface area contributed by atoms with Gasteiger partial charge in [-0.3, -0.25) is 0 Å². The molecule has 1 aliphatic carbocycles. The lowest BCUT2D eigenvalue weighted by atomic mass is 9.94. The molecule has 0 spiro atoms. The van der Waals surface area contributed by atoms with E-state index in [0.717, 1.165) is 18.0 Å². The maximum atomic E-state index is 3.98. The first-order chi connectivity index (χ1) is 8.79. The van der Waals surface area contributed by atoms with Crippen molar-refractivity contribution in [3.63, 3.8) is 0 Å². The Kier molecular flexibility index (Phi) is 5.97. The lowest BCUT2D eigenvalue weighted by Crippen LogP contribution is -2.48. The molecule has 2 fully saturated rings. The van der Waals surface area contributed by atoms with Crippen LogP contribution in [0.15, 0.2) is 0 Å². The summed E-state index contributed by atoms with van der Waals surface area (Å²) in [5.41, 5.74) is 0. The molecule has 0 aromatic rings. The van der Waals surface area contributed by atoms with E-state index in [-0.39, 0.29) is 0 Å². The van der Waals surface area contributed by atoms with E-state index in [1.807, 2.05) is 0 Å². The molecule has 1 N–H and O–H groups in total. The van der Waals surface area contributed by atoms with Crippen LogP contribution in [0.3, 0.4) is 0 Å². The van der Waals surface area contributed by atoms with Crippen molar-refractivity contribution < 1.29 is 0 Å². The number of piperidine rings is 1. The quantitative estimate of drug-likeness (QED) is 0.771. The molecule has 2 heteroatoms. The van der Waals surface area contributed by atoms with Crippen LogP contribution in [0.2, 0.25) is 0 Å². The number of hydrogen-bond donors (Lipinski definition) is 1. The molecule has 0 amide bonds. The van der Waals surface area contributed by atoms with Gasteiger partial charge >= 0.3 is 0 Å². The maximum Gasteiger partial charge on any atom is 0.00953 e. The van der Waals surface area contributed by atoms with E-state index in [0.29, 0.717) is 0 Å². The highest BCUT2D eigenvalue weighted by Crippen LogP contribution is 2.24. The summed E-state index contributed by atoms with van der Waals surface area (Å²) in [6, 6.07) is 1.60. The predicted molar refractivity (Wildman–Crippen MR) is 78.9 cm³/mol. The van der Waals surface area contributed by atoms with Gasteiger partial charge in [0.1, 0.15) is 0 Å². The number of nitrogens with one attached hydrogen (secondary N) is 1. The minimum absolute atomic E-state index is 0.795. The summed E-state index contributed by atoms with van der Waals surface area (Å²) >= 11 is 0. The van der Waals surface area contributed by atoms with Gasteiger partial charge in [-0.25, -0.2) is 0 Å². The summed E-state index contributed by atoms with van der Waals surface area (Å²) in [5.74, 6) is 0.890. The number of likely N-dealkylation sites (tertiary alicyclic amines) is 1. The zero-order chi connectivity index (χ0) is 12.8. The molecule has 1 saturated carbocycles. The van der Waals surface area contributed by atoms with Crippen LogP contribution < -0.4 is 5.32 Å². The van der Waals surface area contributed by atoms with Crippen LogP contribution in [-0.4, -0.2) is 36.6 Å². The Balaban J connectivity index is 1.73. The van der Waals surface area contributed by atoms with Gasteiger partial charge in [-0.15, -0.1) is 0 Å². The summed E-state index contributed by atoms with van der Waals surface area (Å²) in [6.45, 7) is 8.67. The van der Waals surface area contributed by atoms with Crippen molar-refractivity contribution in [2.45, 2.75) is 77.3 Å². The van der Waals surface area contributed by atoms with Gasteiger partial charge in [0.05, 0.1) is 0 Å². The van der Waals surface area contributed by atoms with Crippen LogP contribution in [0, 0.1) is 5.92 Å². The highest BCUT2D eigenvalue weighted by Gasteiger charge is 2.25. The molecule has 2 nitrogen and oxygen atoms in total. The first-order valence-corrected chi connectivity index (χ1v) is 8.28. The largest absolute Gasteiger partial charge is 0.311 e. The molecule has 0 aromatic heterocycles. The standard InChI is InChI=1S/C16H32N2/c1-3-11-18-12-9-15(10-13-18)17-16-8-6-4-5-7-14(16)2/h14-17H,3-13H2,1-2H3. The van der Waals surface area contributed by atoms with Gasteiger partial charge < -0.3 is 10.2 Å². The molecule has 0 bridgehead atoms. The van der Waals surface area contributed by atoms with Crippen LogP contribution in [0.4, 0.5) is 0 Å². The number of hydrogen-bond acceptors (Lipinski definition) is 2. The summed E-state index contributed by atoms with van der Waals surface area (Å²) in [7, 11) is 0. The van der Waals surface area contributed by atoms with Gasteiger partial charge in [0, 0.05) is 12.1 Å². The Bertz CT molecular complexity index is 221. The monoisotopic (exact) mass is 252 g/mol. The number of rotatable bonds is 4. The Morgan fingerprint density at radius 1 is 1.00 bits per heavy atom. The third-order valence-corrected chi connectivity index (χ3v) is 4.94. The normalized spacial score (nSPS) is 32.3. The minimum atomic E-state index is 0.795. The predicted octanol–water partition coefficient (Wildman–Crippen LogP) is 3.42. The highest BCUT2D eigenvalue weighted by molar-refractivity contribution is 4.84. The Morgan fingerprint density at radius 2 is 1.72 bits per heavy atom. The molecule has 0 aromatic carbocycles. The van der Waals surface area contributed by atoms with Crippen molar-refractivity contribution >= 4 is 0 Å². The first-order valence-electron chi connectivity index (χ1n) is 8.28. The van der Waals surface area contributed by atoms with Gasteiger partial charge in [-0.2, -0.15) is 0 Å². The second kappa shape index (κ2) is 7.49. The van der Waals surface area contributed by atoms with Gasteiger partial charge in [0.15, 0.2) is 0 Å². The zero-order valence-corrected chi connectivity index (χ0v) is 12.5. The second-order valence-electron chi connectivity index (χ2n) is 6.50. The van der Waals surface area contributed by atoms with Crippen molar-refractivity contribution in [2.75, 3.05) is 19.6 Å². The van der Waals surface area contributed by atoms with Crippen LogP contribution in [0.5, 0.6) is 0 Å². The fraction of sp³-hybridized carbons (Fsp3) is 1.00. The van der Waals surface area contributed by atoms with Gasteiger partial charge in [-0.1, -0.05) is 33.1 Å². The molecule has 2 unspecified atom stereocenters. The molecule has 18 heavy (non-hydrogen) atoms. The van der Waals surface area contributed by atoms with E-state index < -0.39 is 0 Å². The summed E-state index contributed by atoms with van der Waals surface area (Å²) in [5, 5.41) is 3.98. The van der Waals surface area contributed by atoms with Gasteiger partial charge in [0.25, 0.3) is 0 Å². The van der Waals surface area contributed by atoms with E-state index in [2.05, 4.69) is 24.1 Å². The van der Waals surface area contributed by atoms with E-state index in [4.69, 9.17) is 0 Å². The van der Waals surface area contributed by atoms with Crippen LogP contribution in [0.25, 0.3) is 0 Å². The van der Waals surface area contributed by atoms with Crippen molar-refractivity contribution in [1.82, 2.24) is 10.2 Å². The van der Waals surface area contributed by atoms with Crippen molar-refractivity contribution in [1.29, 1.82) is 0 Å². The van der Waals surface area contributed by atoms with Gasteiger partial charge in [-0.05, 0) is 57.7 Å². The van der Waals surface area contributed by atoms with Crippen LogP contribution in [0.1, 0.15) is 65.2 Å². The lowest BCUT2D eigenvalue weighted by molar-refractivity contribution is 0.181. The maximum absolute atomic E-state index is 3.98. The smallest absolute Gasteiger partial charge is 0.00953 e. The minimum Gasteiger partial charge on any atom is -0.311 e.